The van der Waals surface area contributed by atoms with Crippen molar-refractivity contribution in [1.82, 2.24) is 9.97 Å². The highest BCUT2D eigenvalue weighted by Gasteiger charge is 2.34. The smallest absolute Gasteiger partial charge is 0.325 e. The number of carbonyl (C=O) groups is 1. The molecule has 0 unspecified atom stereocenters. The fourth-order valence-corrected chi connectivity index (χ4v) is 3.13. The zero-order valence-electron chi connectivity index (χ0n) is 14.5. The monoisotopic (exact) mass is 403 g/mol. The largest absolute Gasteiger partial charge is 0.418 e. The molecule has 0 bridgehead atoms. The second kappa shape index (κ2) is 7.84. The third kappa shape index (κ3) is 4.88. The van der Waals surface area contributed by atoms with Gasteiger partial charge in [-0.3, -0.25) is 4.79 Å². The minimum Gasteiger partial charge on any atom is -0.325 e. The molecule has 0 saturated heterocycles. The van der Waals surface area contributed by atoms with E-state index in [-0.39, 0.29) is 10.7 Å². The molecule has 0 aliphatic heterocycles. The van der Waals surface area contributed by atoms with Gasteiger partial charge in [0.1, 0.15) is 0 Å². The maximum Gasteiger partial charge on any atom is 0.418 e. The van der Waals surface area contributed by atoms with Crippen LogP contribution in [-0.4, -0.2) is 21.1 Å². The van der Waals surface area contributed by atoms with Gasteiger partial charge in [-0.25, -0.2) is 9.97 Å². The van der Waals surface area contributed by atoms with E-state index in [1.54, 1.807) is 6.92 Å². The third-order valence-electron chi connectivity index (χ3n) is 3.81. The molecule has 1 heterocycles. The molecule has 1 amide bonds. The summed E-state index contributed by atoms with van der Waals surface area (Å²) in [6.07, 6.45) is -4.63. The topological polar surface area (TPSA) is 54.9 Å². The molecule has 2 rings (SSSR count). The van der Waals surface area contributed by atoms with E-state index in [0.717, 1.165) is 40.8 Å². The van der Waals surface area contributed by atoms with Crippen LogP contribution in [0.3, 0.4) is 0 Å². The Bertz CT molecular complexity index is 819. The van der Waals surface area contributed by atoms with E-state index >= 15 is 0 Å². The van der Waals surface area contributed by atoms with Crippen LogP contribution in [0.4, 0.5) is 18.9 Å². The Labute approximate surface area is 158 Å². The van der Waals surface area contributed by atoms with Crippen LogP contribution in [0.1, 0.15) is 29.4 Å². The first-order valence-electron chi connectivity index (χ1n) is 7.65. The molecule has 0 spiro atoms. The van der Waals surface area contributed by atoms with Gasteiger partial charge in [-0.05, 0) is 51.5 Å². The minimum atomic E-state index is -4.63. The minimum absolute atomic E-state index is 0.0586. The van der Waals surface area contributed by atoms with Crippen molar-refractivity contribution in [2.75, 3.05) is 5.32 Å². The van der Waals surface area contributed by atoms with Gasteiger partial charge in [0.25, 0.3) is 0 Å². The van der Waals surface area contributed by atoms with Crippen molar-refractivity contribution in [3.05, 3.63) is 45.7 Å². The maximum absolute atomic E-state index is 13.1. The van der Waals surface area contributed by atoms with E-state index in [9.17, 15) is 18.0 Å². The van der Waals surface area contributed by atoms with E-state index in [1.807, 2.05) is 20.8 Å². The number of alkyl halides is 3. The molecule has 1 aromatic carbocycles. The van der Waals surface area contributed by atoms with Gasteiger partial charge in [0.2, 0.25) is 5.91 Å². The molecule has 2 aromatic rings. The normalized spacial score (nSPS) is 12.8. The molecule has 0 aliphatic carbocycles. The highest BCUT2D eigenvalue weighted by Crippen LogP contribution is 2.36. The van der Waals surface area contributed by atoms with Crippen LogP contribution >= 0.6 is 23.4 Å². The number of hydrogen-bond donors (Lipinski definition) is 1. The van der Waals surface area contributed by atoms with Crippen LogP contribution < -0.4 is 5.32 Å². The van der Waals surface area contributed by atoms with Gasteiger partial charge in [-0.1, -0.05) is 23.4 Å². The van der Waals surface area contributed by atoms with E-state index < -0.39 is 22.9 Å². The first-order chi connectivity index (χ1) is 12.0. The molecule has 0 radical (unpaired) electrons. The van der Waals surface area contributed by atoms with Gasteiger partial charge in [0.05, 0.1) is 16.5 Å². The summed E-state index contributed by atoms with van der Waals surface area (Å²) in [4.78, 5) is 20.9. The summed E-state index contributed by atoms with van der Waals surface area (Å²) in [6.45, 7) is 7.15. The van der Waals surface area contributed by atoms with Crippen molar-refractivity contribution in [2.24, 2.45) is 0 Å². The number of hydrogen-bond acceptors (Lipinski definition) is 4. The van der Waals surface area contributed by atoms with Crippen molar-refractivity contribution in [3.8, 4) is 0 Å². The van der Waals surface area contributed by atoms with Crippen molar-refractivity contribution in [2.45, 2.75) is 44.3 Å². The van der Waals surface area contributed by atoms with E-state index in [0.29, 0.717) is 5.16 Å². The molecule has 1 atom stereocenters. The summed E-state index contributed by atoms with van der Waals surface area (Å²) in [5.74, 6) is -0.581. The average Bonchev–Trinajstić information content (AvgIpc) is 2.53. The second-order valence-corrected chi connectivity index (χ2v) is 7.48. The Kier molecular flexibility index (Phi) is 6.18. The number of thioether (sulfide) groups is 1. The number of nitrogens with zero attached hydrogens (tertiary/aromatic N) is 2. The molecule has 0 aliphatic rings. The number of benzene rings is 1. The third-order valence-corrected chi connectivity index (χ3v) is 5.00. The SMILES string of the molecule is Cc1nc(S[C@H](C)C(=O)Nc2ccc(Cl)cc2C(F)(F)F)nc(C)c1C. The number of anilines is 1. The number of rotatable bonds is 4. The number of nitrogens with one attached hydrogen (secondary N) is 1. The number of aryl methyl sites for hydroxylation is 2. The van der Waals surface area contributed by atoms with Crippen LogP contribution in [0.15, 0.2) is 23.4 Å². The zero-order chi connectivity index (χ0) is 19.6. The number of carbonyl (C=O) groups excluding carboxylic acids is 1. The van der Waals surface area contributed by atoms with E-state index in [1.165, 1.54) is 6.07 Å². The predicted octanol–water partition coefficient (Wildman–Crippen LogP) is 5.19. The van der Waals surface area contributed by atoms with Gasteiger partial charge in [0, 0.05) is 16.4 Å². The Morgan fingerprint density at radius 2 is 1.77 bits per heavy atom. The van der Waals surface area contributed by atoms with E-state index in [4.69, 9.17) is 11.6 Å². The fourth-order valence-electron chi connectivity index (χ4n) is 2.10. The molecule has 1 N–H and O–H groups in total. The summed E-state index contributed by atoms with van der Waals surface area (Å²) in [5.41, 5.74) is 1.22. The molecular formula is C17H17ClF3N3OS. The summed E-state index contributed by atoms with van der Waals surface area (Å²) in [5, 5.41) is 1.97. The molecule has 140 valence electrons. The lowest BCUT2D eigenvalue weighted by molar-refractivity contribution is -0.137. The molecule has 26 heavy (non-hydrogen) atoms. The van der Waals surface area contributed by atoms with Crippen LogP contribution in [0.25, 0.3) is 0 Å². The zero-order valence-corrected chi connectivity index (χ0v) is 16.1. The quantitative estimate of drug-likeness (QED) is 0.563. The summed E-state index contributed by atoms with van der Waals surface area (Å²) >= 11 is 6.72. The van der Waals surface area contributed by atoms with Gasteiger partial charge >= 0.3 is 6.18 Å². The van der Waals surface area contributed by atoms with E-state index in [2.05, 4.69) is 15.3 Å². The molecule has 0 fully saturated rings. The fraction of sp³-hybridized carbons (Fsp3) is 0.353. The summed E-state index contributed by atoms with van der Waals surface area (Å²) < 4.78 is 39.4. The Morgan fingerprint density at radius 1 is 1.19 bits per heavy atom. The summed E-state index contributed by atoms with van der Waals surface area (Å²) in [7, 11) is 0. The molecule has 9 heteroatoms. The Hall–Kier alpha value is -1.80. The molecule has 0 saturated carbocycles. The summed E-state index contributed by atoms with van der Waals surface area (Å²) in [6, 6.07) is 3.21. The highest BCUT2D eigenvalue weighted by molar-refractivity contribution is 8.00. The van der Waals surface area contributed by atoms with Crippen LogP contribution in [0.2, 0.25) is 5.02 Å². The van der Waals surface area contributed by atoms with Gasteiger partial charge in [0.15, 0.2) is 5.16 Å². The average molecular weight is 404 g/mol. The molecule has 1 aromatic heterocycles. The number of aromatic nitrogens is 2. The number of halogens is 4. The Morgan fingerprint density at radius 3 is 2.31 bits per heavy atom. The number of amides is 1. The molecule has 4 nitrogen and oxygen atoms in total. The van der Waals surface area contributed by atoms with Crippen molar-refractivity contribution in [3.63, 3.8) is 0 Å². The van der Waals surface area contributed by atoms with Gasteiger partial charge in [-0.2, -0.15) is 13.2 Å². The van der Waals surface area contributed by atoms with Crippen LogP contribution in [0, 0.1) is 20.8 Å². The lowest BCUT2D eigenvalue weighted by Crippen LogP contribution is -2.24. The van der Waals surface area contributed by atoms with Crippen LogP contribution in [0.5, 0.6) is 0 Å². The first kappa shape index (κ1) is 20.5. The lowest BCUT2D eigenvalue weighted by Gasteiger charge is -2.16. The maximum atomic E-state index is 13.1. The second-order valence-electron chi connectivity index (χ2n) is 5.74. The van der Waals surface area contributed by atoms with Crippen molar-refractivity contribution >= 4 is 35.0 Å². The van der Waals surface area contributed by atoms with Gasteiger partial charge < -0.3 is 5.32 Å². The first-order valence-corrected chi connectivity index (χ1v) is 8.91. The van der Waals surface area contributed by atoms with Crippen molar-refractivity contribution < 1.29 is 18.0 Å². The van der Waals surface area contributed by atoms with Crippen molar-refractivity contribution in [1.29, 1.82) is 0 Å². The molecular weight excluding hydrogens is 387 g/mol. The highest BCUT2D eigenvalue weighted by atomic mass is 35.5. The van der Waals surface area contributed by atoms with Gasteiger partial charge in [-0.15, -0.1) is 0 Å². The predicted molar refractivity (Wildman–Crippen MR) is 96.6 cm³/mol. The standard InChI is InChI=1S/C17H17ClF3N3OS/c1-8-9(2)22-16(23-10(8)3)26-11(4)15(25)24-14-6-5-12(18)7-13(14)17(19,20)21/h5-7,11H,1-4H3,(H,24,25)/t11-/m1/s1. The lowest BCUT2D eigenvalue weighted by atomic mass is 10.1. The van der Waals surface area contributed by atoms with Crippen LogP contribution in [-0.2, 0) is 11.0 Å². The Balaban J connectivity index is 2.18.